The Morgan fingerprint density at radius 2 is 1.89 bits per heavy atom. The Labute approximate surface area is 111 Å². The highest BCUT2D eigenvalue weighted by Crippen LogP contribution is 2.28. The van der Waals surface area contributed by atoms with Crippen molar-refractivity contribution >= 4 is 5.91 Å². The first kappa shape index (κ1) is 13.9. The van der Waals surface area contributed by atoms with Gasteiger partial charge in [0.2, 0.25) is 5.91 Å². The average Bonchev–Trinajstić information content (AvgIpc) is 2.41. The molecule has 1 saturated carbocycles. The van der Waals surface area contributed by atoms with Gasteiger partial charge in [0.1, 0.15) is 0 Å². The highest BCUT2D eigenvalue weighted by Gasteiger charge is 2.30. The van der Waals surface area contributed by atoms with Crippen molar-refractivity contribution in [3.05, 3.63) is 0 Å². The number of nitrogens with zero attached hydrogens (tertiary/aromatic N) is 1. The Bertz CT molecular complexity index is 280. The number of piperidine rings is 1. The van der Waals surface area contributed by atoms with Crippen molar-refractivity contribution in [3.63, 3.8) is 0 Å². The van der Waals surface area contributed by atoms with Gasteiger partial charge in [0.15, 0.2) is 0 Å². The van der Waals surface area contributed by atoms with E-state index in [1.165, 1.54) is 32.1 Å². The monoisotopic (exact) mass is 252 g/mol. The number of amides is 1. The summed E-state index contributed by atoms with van der Waals surface area (Å²) in [4.78, 5) is 14.6. The van der Waals surface area contributed by atoms with Crippen LogP contribution in [0.25, 0.3) is 0 Å². The minimum Gasteiger partial charge on any atom is -0.340 e. The number of carbonyl (C=O) groups is 1. The van der Waals surface area contributed by atoms with E-state index in [0.717, 1.165) is 25.8 Å². The van der Waals surface area contributed by atoms with Crippen molar-refractivity contribution in [2.45, 2.75) is 76.8 Å². The molecule has 2 rings (SSSR count). The molecule has 0 aromatic rings. The van der Waals surface area contributed by atoms with Crippen LogP contribution in [0.15, 0.2) is 0 Å². The second-order valence-corrected chi connectivity index (χ2v) is 6.06. The summed E-state index contributed by atoms with van der Waals surface area (Å²) in [6.07, 6.45) is 10.2. The summed E-state index contributed by atoms with van der Waals surface area (Å²) in [5, 5.41) is 0. The van der Waals surface area contributed by atoms with Gasteiger partial charge in [-0.1, -0.05) is 19.8 Å². The highest BCUT2D eigenvalue weighted by molar-refractivity contribution is 5.77. The zero-order chi connectivity index (χ0) is 13.0. The third-order valence-electron chi connectivity index (χ3n) is 4.82. The van der Waals surface area contributed by atoms with Crippen LogP contribution in [-0.2, 0) is 4.79 Å². The molecule has 1 aliphatic carbocycles. The molecule has 0 aromatic carbocycles. The van der Waals surface area contributed by atoms with Gasteiger partial charge in [0, 0.05) is 25.0 Å². The fraction of sp³-hybridized carbons (Fsp3) is 0.933. The Kier molecular flexibility index (Phi) is 5.04. The lowest BCUT2D eigenvalue weighted by molar-refractivity contribution is -0.136. The molecule has 0 aromatic heterocycles. The first-order valence-electron chi connectivity index (χ1n) is 7.77. The Balaban J connectivity index is 1.89. The topological polar surface area (TPSA) is 46.3 Å². The molecule has 104 valence electrons. The van der Waals surface area contributed by atoms with Crippen LogP contribution in [0.2, 0.25) is 0 Å². The van der Waals surface area contributed by atoms with E-state index in [4.69, 9.17) is 5.73 Å². The zero-order valence-electron chi connectivity index (χ0n) is 11.7. The lowest BCUT2D eigenvalue weighted by Crippen LogP contribution is -2.45. The Hall–Kier alpha value is -0.570. The van der Waals surface area contributed by atoms with Crippen molar-refractivity contribution in [3.8, 4) is 0 Å². The molecule has 3 heteroatoms. The van der Waals surface area contributed by atoms with Crippen molar-refractivity contribution in [1.82, 2.24) is 4.90 Å². The summed E-state index contributed by atoms with van der Waals surface area (Å²) in [6.45, 7) is 3.17. The summed E-state index contributed by atoms with van der Waals surface area (Å²) in [5.74, 6) is 0.801. The molecule has 0 radical (unpaired) electrons. The maximum Gasteiger partial charge on any atom is 0.223 e. The van der Waals surface area contributed by atoms with Gasteiger partial charge >= 0.3 is 0 Å². The number of nitrogens with two attached hydrogens (primary N) is 1. The number of carbonyl (C=O) groups excluding carboxylic acids is 1. The van der Waals surface area contributed by atoms with E-state index in [1.807, 2.05) is 0 Å². The molecular weight excluding hydrogens is 224 g/mol. The van der Waals surface area contributed by atoms with Gasteiger partial charge < -0.3 is 10.6 Å². The number of rotatable bonds is 3. The SMILES string of the molecule is CCC1CCCCN1C(=O)CC1CCCCC1N. The molecule has 18 heavy (non-hydrogen) atoms. The van der Waals surface area contributed by atoms with Crippen molar-refractivity contribution in [2.75, 3.05) is 6.54 Å². The molecule has 0 spiro atoms. The quantitative estimate of drug-likeness (QED) is 0.839. The molecule has 3 unspecified atom stereocenters. The molecule has 1 heterocycles. The average molecular weight is 252 g/mol. The van der Waals surface area contributed by atoms with Crippen LogP contribution in [-0.4, -0.2) is 29.4 Å². The molecule has 2 N–H and O–H groups in total. The minimum absolute atomic E-state index is 0.257. The predicted molar refractivity (Wildman–Crippen MR) is 74.2 cm³/mol. The third kappa shape index (κ3) is 3.25. The fourth-order valence-corrected chi connectivity index (χ4v) is 3.58. The van der Waals surface area contributed by atoms with Gasteiger partial charge in [0.05, 0.1) is 0 Å². The zero-order valence-corrected chi connectivity index (χ0v) is 11.7. The maximum absolute atomic E-state index is 12.5. The molecule has 0 bridgehead atoms. The normalized spacial score (nSPS) is 33.4. The van der Waals surface area contributed by atoms with Crippen LogP contribution in [0.1, 0.15) is 64.7 Å². The number of hydrogen-bond acceptors (Lipinski definition) is 2. The molecule has 3 nitrogen and oxygen atoms in total. The molecule has 1 saturated heterocycles. The van der Waals surface area contributed by atoms with Crippen molar-refractivity contribution in [2.24, 2.45) is 11.7 Å². The summed E-state index contributed by atoms with van der Waals surface area (Å²) in [7, 11) is 0. The van der Waals surface area contributed by atoms with E-state index in [1.54, 1.807) is 0 Å². The molecule has 2 fully saturated rings. The number of likely N-dealkylation sites (tertiary alicyclic amines) is 1. The van der Waals surface area contributed by atoms with Crippen LogP contribution in [0.5, 0.6) is 0 Å². The van der Waals surface area contributed by atoms with Crippen molar-refractivity contribution in [1.29, 1.82) is 0 Å². The van der Waals surface area contributed by atoms with Gasteiger partial charge in [-0.2, -0.15) is 0 Å². The summed E-state index contributed by atoms with van der Waals surface area (Å²) < 4.78 is 0. The van der Waals surface area contributed by atoms with E-state index in [9.17, 15) is 4.79 Å². The maximum atomic E-state index is 12.5. The first-order chi connectivity index (χ1) is 8.72. The van der Waals surface area contributed by atoms with Crippen LogP contribution >= 0.6 is 0 Å². The van der Waals surface area contributed by atoms with Crippen LogP contribution < -0.4 is 5.73 Å². The predicted octanol–water partition coefficient (Wildman–Crippen LogP) is 2.69. The second kappa shape index (κ2) is 6.55. The van der Waals surface area contributed by atoms with E-state index >= 15 is 0 Å². The molecule has 3 atom stereocenters. The standard InChI is InChI=1S/C15H28N2O/c1-2-13-8-5-6-10-17(13)15(18)11-12-7-3-4-9-14(12)16/h12-14H,2-11,16H2,1H3. The third-order valence-corrected chi connectivity index (χ3v) is 4.82. The summed E-state index contributed by atoms with van der Waals surface area (Å²) in [5.41, 5.74) is 6.15. The minimum atomic E-state index is 0.257. The van der Waals surface area contributed by atoms with E-state index in [2.05, 4.69) is 11.8 Å². The van der Waals surface area contributed by atoms with E-state index in [0.29, 0.717) is 24.3 Å². The largest absolute Gasteiger partial charge is 0.340 e. The van der Waals surface area contributed by atoms with Gasteiger partial charge in [-0.25, -0.2) is 0 Å². The smallest absolute Gasteiger partial charge is 0.223 e. The fourth-order valence-electron chi connectivity index (χ4n) is 3.58. The number of hydrogen-bond donors (Lipinski definition) is 1. The van der Waals surface area contributed by atoms with E-state index in [-0.39, 0.29) is 6.04 Å². The first-order valence-corrected chi connectivity index (χ1v) is 7.77. The van der Waals surface area contributed by atoms with E-state index < -0.39 is 0 Å². The summed E-state index contributed by atoms with van der Waals surface area (Å²) >= 11 is 0. The van der Waals surface area contributed by atoms with Crippen molar-refractivity contribution < 1.29 is 4.79 Å². The van der Waals surface area contributed by atoms with Crippen LogP contribution in [0, 0.1) is 5.92 Å². The van der Waals surface area contributed by atoms with Gasteiger partial charge in [0.25, 0.3) is 0 Å². The lowest BCUT2D eigenvalue weighted by Gasteiger charge is -2.37. The van der Waals surface area contributed by atoms with Crippen LogP contribution in [0.3, 0.4) is 0 Å². The van der Waals surface area contributed by atoms with Gasteiger partial charge in [-0.05, 0) is 44.4 Å². The Morgan fingerprint density at radius 1 is 1.17 bits per heavy atom. The van der Waals surface area contributed by atoms with Crippen LogP contribution in [0.4, 0.5) is 0 Å². The molecule has 1 aliphatic heterocycles. The molecular formula is C15H28N2O. The summed E-state index contributed by atoms with van der Waals surface area (Å²) in [6, 6.07) is 0.749. The Morgan fingerprint density at radius 3 is 2.61 bits per heavy atom. The van der Waals surface area contributed by atoms with Gasteiger partial charge in [-0.15, -0.1) is 0 Å². The molecule has 1 amide bonds. The molecule has 2 aliphatic rings. The second-order valence-electron chi connectivity index (χ2n) is 6.06. The highest BCUT2D eigenvalue weighted by atomic mass is 16.2. The van der Waals surface area contributed by atoms with Gasteiger partial charge in [-0.3, -0.25) is 4.79 Å². The lowest BCUT2D eigenvalue weighted by atomic mass is 9.82.